The van der Waals surface area contributed by atoms with E-state index in [2.05, 4.69) is 20.9 Å². The standard InChI is InChI=1S/C15H13BrFNO4/c1-6-11(14(19)20)13(12(15(21)22)7(2)18-6)8-3-4-10(17)9(16)5-8/h3-5,11,13H,1-2H3,(H,19,20)(H,21,22). The molecule has 0 saturated heterocycles. The van der Waals surface area contributed by atoms with Gasteiger partial charge in [0.25, 0.3) is 0 Å². The van der Waals surface area contributed by atoms with E-state index in [0.29, 0.717) is 11.3 Å². The summed E-state index contributed by atoms with van der Waals surface area (Å²) in [6.45, 7) is 3.07. The van der Waals surface area contributed by atoms with E-state index in [1.807, 2.05) is 0 Å². The van der Waals surface area contributed by atoms with Crippen LogP contribution in [0.3, 0.4) is 0 Å². The summed E-state index contributed by atoms with van der Waals surface area (Å²) in [6.07, 6.45) is 0. The number of nitrogens with zero attached hydrogens (tertiary/aromatic N) is 1. The Bertz CT molecular complexity index is 726. The molecule has 0 amide bonds. The lowest BCUT2D eigenvalue weighted by molar-refractivity contribution is -0.140. The van der Waals surface area contributed by atoms with Crippen molar-refractivity contribution in [1.29, 1.82) is 0 Å². The zero-order valence-corrected chi connectivity index (χ0v) is 13.4. The molecule has 0 spiro atoms. The first-order chi connectivity index (χ1) is 10.2. The summed E-state index contributed by atoms with van der Waals surface area (Å²) in [4.78, 5) is 27.2. The van der Waals surface area contributed by atoms with Crippen LogP contribution in [0.4, 0.5) is 4.39 Å². The molecule has 1 heterocycles. The van der Waals surface area contributed by atoms with Gasteiger partial charge in [0, 0.05) is 17.3 Å². The van der Waals surface area contributed by atoms with Gasteiger partial charge >= 0.3 is 11.9 Å². The van der Waals surface area contributed by atoms with Crippen molar-refractivity contribution in [2.45, 2.75) is 19.8 Å². The molecule has 1 aliphatic rings. The molecule has 116 valence electrons. The second kappa shape index (κ2) is 6.00. The van der Waals surface area contributed by atoms with Gasteiger partial charge in [-0.2, -0.15) is 0 Å². The first-order valence-electron chi connectivity index (χ1n) is 6.41. The second-order valence-corrected chi connectivity index (χ2v) is 5.88. The number of aliphatic carboxylic acids is 2. The van der Waals surface area contributed by atoms with Gasteiger partial charge in [0.1, 0.15) is 11.7 Å². The van der Waals surface area contributed by atoms with Crippen molar-refractivity contribution in [3.05, 3.63) is 45.3 Å². The van der Waals surface area contributed by atoms with Crippen LogP contribution in [0.25, 0.3) is 0 Å². The highest BCUT2D eigenvalue weighted by atomic mass is 79.9. The van der Waals surface area contributed by atoms with Crippen LogP contribution < -0.4 is 0 Å². The molecule has 1 aromatic carbocycles. The number of halogens is 2. The minimum Gasteiger partial charge on any atom is -0.481 e. The summed E-state index contributed by atoms with van der Waals surface area (Å²) in [6, 6.07) is 3.98. The second-order valence-electron chi connectivity index (χ2n) is 5.02. The third kappa shape index (κ3) is 2.81. The van der Waals surface area contributed by atoms with Crippen LogP contribution in [-0.2, 0) is 9.59 Å². The first kappa shape index (κ1) is 16.4. The molecule has 1 aliphatic heterocycles. The van der Waals surface area contributed by atoms with Crippen molar-refractivity contribution in [1.82, 2.24) is 0 Å². The van der Waals surface area contributed by atoms with Gasteiger partial charge in [-0.05, 0) is 47.5 Å². The van der Waals surface area contributed by atoms with E-state index < -0.39 is 29.6 Å². The van der Waals surface area contributed by atoms with Crippen molar-refractivity contribution in [3.63, 3.8) is 0 Å². The van der Waals surface area contributed by atoms with E-state index >= 15 is 0 Å². The van der Waals surface area contributed by atoms with Gasteiger partial charge in [0.15, 0.2) is 0 Å². The zero-order chi connectivity index (χ0) is 16.6. The number of benzene rings is 1. The van der Waals surface area contributed by atoms with Crippen LogP contribution in [0.2, 0.25) is 0 Å². The monoisotopic (exact) mass is 369 g/mol. The molecule has 1 aromatic rings. The first-order valence-corrected chi connectivity index (χ1v) is 7.20. The van der Waals surface area contributed by atoms with E-state index in [1.54, 1.807) is 6.92 Å². The summed E-state index contributed by atoms with van der Waals surface area (Å²) in [5.74, 6) is -4.94. The third-order valence-corrected chi connectivity index (χ3v) is 4.24. The van der Waals surface area contributed by atoms with Crippen molar-refractivity contribution in [3.8, 4) is 0 Å². The largest absolute Gasteiger partial charge is 0.481 e. The van der Waals surface area contributed by atoms with Crippen molar-refractivity contribution >= 4 is 33.6 Å². The Balaban J connectivity index is 2.69. The molecule has 0 radical (unpaired) electrons. The normalized spacial score (nSPS) is 21.5. The van der Waals surface area contributed by atoms with Gasteiger partial charge < -0.3 is 10.2 Å². The van der Waals surface area contributed by atoms with Gasteiger partial charge in [-0.3, -0.25) is 9.79 Å². The van der Waals surface area contributed by atoms with E-state index in [0.717, 1.165) is 0 Å². The van der Waals surface area contributed by atoms with Crippen molar-refractivity contribution in [2.24, 2.45) is 10.9 Å². The number of hydrogen-bond acceptors (Lipinski definition) is 3. The fraction of sp³-hybridized carbons (Fsp3) is 0.267. The predicted molar refractivity (Wildman–Crippen MR) is 81.4 cm³/mol. The summed E-state index contributed by atoms with van der Waals surface area (Å²) < 4.78 is 13.6. The highest BCUT2D eigenvalue weighted by Crippen LogP contribution is 2.40. The molecule has 7 heteroatoms. The summed E-state index contributed by atoms with van der Waals surface area (Å²) >= 11 is 3.04. The third-order valence-electron chi connectivity index (χ3n) is 3.63. The van der Waals surface area contributed by atoms with Crippen LogP contribution in [0, 0.1) is 11.7 Å². The van der Waals surface area contributed by atoms with Gasteiger partial charge in [-0.15, -0.1) is 0 Å². The van der Waals surface area contributed by atoms with Crippen LogP contribution in [0.5, 0.6) is 0 Å². The maximum Gasteiger partial charge on any atom is 0.334 e. The lowest BCUT2D eigenvalue weighted by atomic mass is 9.76. The number of carboxylic acids is 2. The smallest absolute Gasteiger partial charge is 0.334 e. The predicted octanol–water partition coefficient (Wildman–Crippen LogP) is 3.21. The Labute approximate surface area is 134 Å². The van der Waals surface area contributed by atoms with Gasteiger partial charge in [0.2, 0.25) is 0 Å². The van der Waals surface area contributed by atoms with Gasteiger partial charge in [-0.25, -0.2) is 9.18 Å². The minimum absolute atomic E-state index is 0.0866. The molecule has 0 aromatic heterocycles. The Morgan fingerprint density at radius 2 is 1.91 bits per heavy atom. The number of carboxylic acid groups (broad SMARTS) is 2. The van der Waals surface area contributed by atoms with Crippen molar-refractivity contribution in [2.75, 3.05) is 0 Å². The quantitative estimate of drug-likeness (QED) is 0.856. The summed E-state index contributed by atoms with van der Waals surface area (Å²) in [7, 11) is 0. The molecule has 0 saturated carbocycles. The highest BCUT2D eigenvalue weighted by Gasteiger charge is 2.41. The molecule has 2 rings (SSSR count). The molecule has 2 atom stereocenters. The maximum absolute atomic E-state index is 13.4. The molecular weight excluding hydrogens is 357 g/mol. The number of allylic oxidation sites excluding steroid dienone is 1. The minimum atomic E-state index is -1.23. The molecule has 0 bridgehead atoms. The molecule has 5 nitrogen and oxygen atoms in total. The fourth-order valence-corrected chi connectivity index (χ4v) is 3.10. The topological polar surface area (TPSA) is 87.0 Å². The Hall–Kier alpha value is -2.02. The Morgan fingerprint density at radius 3 is 2.41 bits per heavy atom. The van der Waals surface area contributed by atoms with Gasteiger partial charge in [-0.1, -0.05) is 6.07 Å². The van der Waals surface area contributed by atoms with E-state index in [4.69, 9.17) is 0 Å². The van der Waals surface area contributed by atoms with E-state index in [-0.39, 0.29) is 15.7 Å². The average Bonchev–Trinajstić information content (AvgIpc) is 2.39. The molecule has 0 aliphatic carbocycles. The molecular formula is C15H13BrFNO4. The Morgan fingerprint density at radius 1 is 1.27 bits per heavy atom. The van der Waals surface area contributed by atoms with Crippen LogP contribution in [-0.4, -0.2) is 27.9 Å². The highest BCUT2D eigenvalue weighted by molar-refractivity contribution is 9.10. The van der Waals surface area contributed by atoms with Gasteiger partial charge in [0.05, 0.1) is 10.0 Å². The van der Waals surface area contributed by atoms with Crippen molar-refractivity contribution < 1.29 is 24.2 Å². The fourth-order valence-electron chi connectivity index (χ4n) is 2.70. The number of rotatable bonds is 3. The molecule has 22 heavy (non-hydrogen) atoms. The number of aliphatic imine (C=N–C) groups is 1. The van der Waals surface area contributed by atoms with Crippen LogP contribution >= 0.6 is 15.9 Å². The summed E-state index contributed by atoms with van der Waals surface area (Å²) in [5, 5.41) is 18.9. The number of hydrogen-bond donors (Lipinski definition) is 2. The lowest BCUT2D eigenvalue weighted by Crippen LogP contribution is -2.34. The molecule has 2 unspecified atom stereocenters. The Kier molecular flexibility index (Phi) is 4.46. The summed E-state index contributed by atoms with van der Waals surface area (Å²) in [5.41, 5.74) is 0.900. The SMILES string of the molecule is CC1=NC(C)=C(C(=O)O)C(c2ccc(F)c(Br)c2)C1C(=O)O. The van der Waals surface area contributed by atoms with Crippen LogP contribution in [0.15, 0.2) is 38.9 Å². The number of carbonyl (C=O) groups is 2. The molecule has 0 fully saturated rings. The molecule has 2 N–H and O–H groups in total. The zero-order valence-electron chi connectivity index (χ0n) is 11.8. The average molecular weight is 370 g/mol. The van der Waals surface area contributed by atoms with E-state index in [9.17, 15) is 24.2 Å². The van der Waals surface area contributed by atoms with Crippen LogP contribution in [0.1, 0.15) is 25.3 Å². The maximum atomic E-state index is 13.4. The lowest BCUT2D eigenvalue weighted by Gasteiger charge is -2.29. The van der Waals surface area contributed by atoms with E-state index in [1.165, 1.54) is 25.1 Å².